The van der Waals surface area contributed by atoms with E-state index in [1.165, 1.54) is 17.8 Å². The normalized spacial score (nSPS) is 10.6. The number of hydrogen-bond donors (Lipinski definition) is 0. The first kappa shape index (κ1) is 20.9. The van der Waals surface area contributed by atoms with Crippen molar-refractivity contribution in [1.82, 2.24) is 4.90 Å². The maximum atomic E-state index is 13.3. The van der Waals surface area contributed by atoms with Gasteiger partial charge in [0.05, 0.1) is 30.0 Å². The Morgan fingerprint density at radius 1 is 1.17 bits per heavy atom. The van der Waals surface area contributed by atoms with Crippen LogP contribution >= 0.6 is 23.1 Å². The second kappa shape index (κ2) is 9.58. The van der Waals surface area contributed by atoms with E-state index in [0.717, 1.165) is 10.4 Å². The van der Waals surface area contributed by atoms with Crippen molar-refractivity contribution < 1.29 is 14.5 Å². The van der Waals surface area contributed by atoms with Gasteiger partial charge in [0.1, 0.15) is 5.75 Å². The number of methoxy groups -OCH3 is 1. The van der Waals surface area contributed by atoms with Crippen molar-refractivity contribution in [3.05, 3.63) is 86.1 Å². The van der Waals surface area contributed by atoms with Crippen LogP contribution in [-0.4, -0.2) is 29.1 Å². The molecule has 0 N–H and O–H groups in total. The molecule has 1 amide bonds. The number of benzene rings is 2. The van der Waals surface area contributed by atoms with Gasteiger partial charge in [0, 0.05) is 22.1 Å². The van der Waals surface area contributed by atoms with Crippen molar-refractivity contribution in [2.45, 2.75) is 18.0 Å². The molecule has 0 saturated heterocycles. The van der Waals surface area contributed by atoms with E-state index in [1.807, 2.05) is 41.8 Å². The Labute approximate surface area is 177 Å². The number of ether oxygens (including phenoxy) is 1. The lowest BCUT2D eigenvalue weighted by Crippen LogP contribution is -2.30. The molecule has 2 aromatic carbocycles. The molecule has 0 bridgehead atoms. The minimum Gasteiger partial charge on any atom is -0.496 e. The van der Waals surface area contributed by atoms with Gasteiger partial charge < -0.3 is 9.64 Å². The Hall–Kier alpha value is -2.84. The first-order chi connectivity index (χ1) is 14.0. The van der Waals surface area contributed by atoms with Crippen molar-refractivity contribution >= 4 is 34.7 Å². The van der Waals surface area contributed by atoms with Crippen LogP contribution < -0.4 is 4.74 Å². The largest absolute Gasteiger partial charge is 0.496 e. The number of rotatable bonds is 8. The third-order valence-corrected chi connectivity index (χ3v) is 6.04. The predicted molar refractivity (Wildman–Crippen MR) is 116 cm³/mol. The van der Waals surface area contributed by atoms with Crippen LogP contribution in [0.5, 0.6) is 5.75 Å². The Morgan fingerprint density at radius 2 is 1.97 bits per heavy atom. The molecule has 0 atom stereocenters. The summed E-state index contributed by atoms with van der Waals surface area (Å²) < 4.78 is 5.42. The number of carbonyl (C=O) groups is 1. The monoisotopic (exact) mass is 428 g/mol. The minimum absolute atomic E-state index is 0.0586. The van der Waals surface area contributed by atoms with Gasteiger partial charge in [-0.1, -0.05) is 24.3 Å². The zero-order chi connectivity index (χ0) is 20.8. The average Bonchev–Trinajstić information content (AvgIpc) is 3.25. The SMILES string of the molecule is COc1ccccc1CN(Cc1cccs1)C(=O)c1ccc(SC)c([N+](=O)[O-])c1. The van der Waals surface area contributed by atoms with Gasteiger partial charge in [-0.15, -0.1) is 23.1 Å². The van der Waals surface area contributed by atoms with E-state index in [-0.39, 0.29) is 11.6 Å². The highest BCUT2D eigenvalue weighted by molar-refractivity contribution is 7.98. The van der Waals surface area contributed by atoms with Gasteiger partial charge in [-0.25, -0.2) is 0 Å². The van der Waals surface area contributed by atoms with E-state index in [2.05, 4.69) is 0 Å². The number of nitro benzene ring substituents is 1. The lowest BCUT2D eigenvalue weighted by Gasteiger charge is -2.23. The zero-order valence-electron chi connectivity index (χ0n) is 16.0. The number of thiophene rings is 1. The fraction of sp³-hybridized carbons (Fsp3) is 0.190. The number of carbonyl (C=O) groups excluding carboxylic acids is 1. The van der Waals surface area contributed by atoms with Crippen LogP contribution in [0, 0.1) is 10.1 Å². The summed E-state index contributed by atoms with van der Waals surface area (Å²) in [7, 11) is 1.59. The molecule has 6 nitrogen and oxygen atoms in total. The molecule has 0 aliphatic carbocycles. The Morgan fingerprint density at radius 3 is 2.62 bits per heavy atom. The molecule has 0 aliphatic rings. The number of nitro groups is 1. The summed E-state index contributed by atoms with van der Waals surface area (Å²) in [6, 6.07) is 16.1. The summed E-state index contributed by atoms with van der Waals surface area (Å²) in [5.74, 6) is 0.431. The summed E-state index contributed by atoms with van der Waals surface area (Å²) in [6.07, 6.45) is 1.77. The van der Waals surface area contributed by atoms with Crippen LogP contribution in [0.3, 0.4) is 0 Å². The highest BCUT2D eigenvalue weighted by Gasteiger charge is 2.22. The van der Waals surface area contributed by atoms with Crippen LogP contribution in [0.25, 0.3) is 0 Å². The molecule has 0 fully saturated rings. The second-order valence-electron chi connectivity index (χ2n) is 6.20. The summed E-state index contributed by atoms with van der Waals surface area (Å²) in [5, 5.41) is 13.4. The number of amides is 1. The molecule has 150 valence electrons. The number of para-hydroxylation sites is 1. The van der Waals surface area contributed by atoms with Crippen LogP contribution in [0.1, 0.15) is 20.8 Å². The molecular weight excluding hydrogens is 408 g/mol. The van der Waals surface area contributed by atoms with Crippen molar-refractivity contribution in [1.29, 1.82) is 0 Å². The van der Waals surface area contributed by atoms with Gasteiger partial charge in [-0.3, -0.25) is 14.9 Å². The van der Waals surface area contributed by atoms with E-state index < -0.39 is 4.92 Å². The fourth-order valence-electron chi connectivity index (χ4n) is 2.98. The molecule has 29 heavy (non-hydrogen) atoms. The summed E-state index contributed by atoms with van der Waals surface area (Å²) >= 11 is 2.84. The van der Waals surface area contributed by atoms with Crippen LogP contribution in [0.15, 0.2) is 64.9 Å². The summed E-state index contributed by atoms with van der Waals surface area (Å²) in [4.78, 5) is 27.5. The van der Waals surface area contributed by atoms with Crippen molar-refractivity contribution in [3.8, 4) is 5.75 Å². The van der Waals surface area contributed by atoms with Crippen molar-refractivity contribution in [2.24, 2.45) is 0 Å². The van der Waals surface area contributed by atoms with Crippen molar-refractivity contribution in [3.63, 3.8) is 0 Å². The molecule has 0 spiro atoms. The highest BCUT2D eigenvalue weighted by atomic mass is 32.2. The van der Waals surface area contributed by atoms with E-state index in [4.69, 9.17) is 4.74 Å². The topological polar surface area (TPSA) is 72.7 Å². The third-order valence-electron chi connectivity index (χ3n) is 4.39. The summed E-state index contributed by atoms with van der Waals surface area (Å²) in [6.45, 7) is 0.742. The molecule has 1 aromatic heterocycles. The maximum absolute atomic E-state index is 13.3. The number of hydrogen-bond acceptors (Lipinski definition) is 6. The van der Waals surface area contributed by atoms with E-state index in [1.54, 1.807) is 41.7 Å². The second-order valence-corrected chi connectivity index (χ2v) is 8.08. The fourth-order valence-corrected chi connectivity index (χ4v) is 4.24. The molecule has 3 aromatic rings. The van der Waals surface area contributed by atoms with Gasteiger partial charge in [0.15, 0.2) is 0 Å². The molecular formula is C21H20N2O4S2. The molecule has 0 saturated carbocycles. The van der Waals surface area contributed by atoms with Crippen LogP contribution in [0.2, 0.25) is 0 Å². The van der Waals surface area contributed by atoms with Gasteiger partial charge in [0.2, 0.25) is 0 Å². The smallest absolute Gasteiger partial charge is 0.283 e. The molecule has 8 heteroatoms. The first-order valence-electron chi connectivity index (χ1n) is 8.79. The maximum Gasteiger partial charge on any atom is 0.283 e. The van der Waals surface area contributed by atoms with Gasteiger partial charge in [-0.2, -0.15) is 0 Å². The van der Waals surface area contributed by atoms with Gasteiger partial charge in [-0.05, 0) is 35.9 Å². The van der Waals surface area contributed by atoms with Gasteiger partial charge >= 0.3 is 0 Å². The molecule has 0 unspecified atom stereocenters. The van der Waals surface area contributed by atoms with Crippen molar-refractivity contribution in [2.75, 3.05) is 13.4 Å². The first-order valence-corrected chi connectivity index (χ1v) is 10.9. The lowest BCUT2D eigenvalue weighted by atomic mass is 10.1. The van der Waals surface area contributed by atoms with E-state index in [0.29, 0.717) is 29.3 Å². The summed E-state index contributed by atoms with van der Waals surface area (Å²) in [5.41, 5.74) is 1.10. The number of thioether (sulfide) groups is 1. The third kappa shape index (κ3) is 4.96. The highest BCUT2D eigenvalue weighted by Crippen LogP contribution is 2.30. The van der Waals surface area contributed by atoms with E-state index >= 15 is 0 Å². The Bertz CT molecular complexity index is 1010. The lowest BCUT2D eigenvalue weighted by molar-refractivity contribution is -0.387. The number of nitrogens with zero attached hydrogens (tertiary/aromatic N) is 2. The zero-order valence-corrected chi connectivity index (χ0v) is 17.7. The van der Waals surface area contributed by atoms with E-state index in [9.17, 15) is 14.9 Å². The Balaban J connectivity index is 1.96. The molecule has 3 rings (SSSR count). The van der Waals surface area contributed by atoms with Crippen LogP contribution in [-0.2, 0) is 13.1 Å². The quantitative estimate of drug-likeness (QED) is 0.279. The predicted octanol–water partition coefficient (Wildman–Crippen LogP) is 5.23. The molecule has 1 heterocycles. The van der Waals surface area contributed by atoms with Crippen LogP contribution in [0.4, 0.5) is 5.69 Å². The average molecular weight is 429 g/mol. The molecule has 0 aliphatic heterocycles. The minimum atomic E-state index is -0.452. The van der Waals surface area contributed by atoms with Gasteiger partial charge in [0.25, 0.3) is 11.6 Å². The Kier molecular flexibility index (Phi) is 6.90. The standard InChI is InChI=1S/C21H20N2O4S2/c1-27-19-8-4-3-6-16(19)13-22(14-17-7-5-11-29-17)21(24)15-9-10-20(28-2)18(12-15)23(25)26/h3-12H,13-14H2,1-2H3. The molecule has 0 radical (unpaired) electrons.